The van der Waals surface area contributed by atoms with E-state index in [1.807, 2.05) is 0 Å². The van der Waals surface area contributed by atoms with E-state index in [9.17, 15) is 4.39 Å². The Hall–Kier alpha value is -2.17. The van der Waals surface area contributed by atoms with Gasteiger partial charge in [-0.05, 0) is 24.6 Å². The zero-order chi connectivity index (χ0) is 11.5. The Bertz CT molecular complexity index is 516. The highest BCUT2D eigenvalue weighted by molar-refractivity contribution is 5.32. The van der Waals surface area contributed by atoms with Crippen molar-refractivity contribution >= 4 is 5.82 Å². The molecule has 0 saturated carbocycles. The maximum absolute atomic E-state index is 13.2. The van der Waals surface area contributed by atoms with Crippen molar-refractivity contribution in [3.63, 3.8) is 0 Å². The van der Waals surface area contributed by atoms with Crippen molar-refractivity contribution in [1.82, 2.24) is 9.97 Å². The fourth-order valence-electron chi connectivity index (χ4n) is 1.15. The summed E-state index contributed by atoms with van der Waals surface area (Å²) < 4.78 is 18.5. The standard InChI is InChI=1S/C11H10FN3O/c1-7-2-3-8(6-9(7)12)16-11-14-5-4-10(13)15-11/h2-6H,1H3,(H2,13,14,15). The van der Waals surface area contributed by atoms with Gasteiger partial charge in [0.05, 0.1) is 0 Å². The Labute approximate surface area is 91.9 Å². The first-order valence-corrected chi connectivity index (χ1v) is 4.67. The van der Waals surface area contributed by atoms with Crippen LogP contribution in [0.15, 0.2) is 30.5 Å². The molecule has 82 valence electrons. The van der Waals surface area contributed by atoms with Gasteiger partial charge in [0.25, 0.3) is 0 Å². The minimum atomic E-state index is -0.332. The molecule has 0 bridgehead atoms. The van der Waals surface area contributed by atoms with E-state index in [4.69, 9.17) is 10.5 Å². The summed E-state index contributed by atoms with van der Waals surface area (Å²) in [7, 11) is 0. The number of hydrogen-bond donors (Lipinski definition) is 1. The summed E-state index contributed by atoms with van der Waals surface area (Å²) in [5, 5.41) is 0. The van der Waals surface area contributed by atoms with Gasteiger partial charge in [0.15, 0.2) is 0 Å². The number of aryl methyl sites for hydroxylation is 1. The zero-order valence-corrected chi connectivity index (χ0v) is 8.64. The molecule has 0 saturated heterocycles. The Morgan fingerprint density at radius 1 is 1.31 bits per heavy atom. The number of anilines is 1. The second-order valence-corrected chi connectivity index (χ2v) is 3.28. The predicted octanol–water partition coefficient (Wildman–Crippen LogP) is 2.30. The molecular formula is C11H10FN3O. The van der Waals surface area contributed by atoms with Crippen molar-refractivity contribution in [2.24, 2.45) is 0 Å². The maximum Gasteiger partial charge on any atom is 0.323 e. The summed E-state index contributed by atoms with van der Waals surface area (Å²) in [6, 6.07) is 6.19. The van der Waals surface area contributed by atoms with Gasteiger partial charge in [-0.2, -0.15) is 4.98 Å². The van der Waals surface area contributed by atoms with Crippen molar-refractivity contribution in [1.29, 1.82) is 0 Å². The smallest absolute Gasteiger partial charge is 0.323 e. The molecular weight excluding hydrogens is 209 g/mol. The van der Waals surface area contributed by atoms with Gasteiger partial charge in [-0.3, -0.25) is 0 Å². The second-order valence-electron chi connectivity index (χ2n) is 3.28. The lowest BCUT2D eigenvalue weighted by Crippen LogP contribution is -1.96. The fraction of sp³-hybridized carbons (Fsp3) is 0.0909. The van der Waals surface area contributed by atoms with Crippen LogP contribution in [0.4, 0.5) is 10.2 Å². The highest BCUT2D eigenvalue weighted by atomic mass is 19.1. The number of rotatable bonds is 2. The minimum absolute atomic E-state index is 0.100. The molecule has 0 aliphatic heterocycles. The van der Waals surface area contributed by atoms with Crippen molar-refractivity contribution < 1.29 is 9.13 Å². The van der Waals surface area contributed by atoms with Crippen LogP contribution < -0.4 is 10.5 Å². The highest BCUT2D eigenvalue weighted by Gasteiger charge is 2.03. The van der Waals surface area contributed by atoms with Gasteiger partial charge in [0.2, 0.25) is 0 Å². The summed E-state index contributed by atoms with van der Waals surface area (Å²) >= 11 is 0. The van der Waals surface area contributed by atoms with Crippen LogP contribution in [0.1, 0.15) is 5.56 Å². The van der Waals surface area contributed by atoms with Crippen LogP contribution in [0.5, 0.6) is 11.8 Å². The van der Waals surface area contributed by atoms with Gasteiger partial charge in [-0.25, -0.2) is 9.37 Å². The molecule has 2 N–H and O–H groups in total. The summed E-state index contributed by atoms with van der Waals surface area (Å²) in [5.74, 6) is 0.313. The molecule has 0 unspecified atom stereocenters. The highest BCUT2D eigenvalue weighted by Crippen LogP contribution is 2.20. The van der Waals surface area contributed by atoms with Gasteiger partial charge in [0.1, 0.15) is 17.4 Å². The van der Waals surface area contributed by atoms with E-state index in [-0.39, 0.29) is 11.8 Å². The van der Waals surface area contributed by atoms with Crippen LogP contribution in [0, 0.1) is 12.7 Å². The fourth-order valence-corrected chi connectivity index (χ4v) is 1.15. The van der Waals surface area contributed by atoms with E-state index < -0.39 is 0 Å². The van der Waals surface area contributed by atoms with E-state index in [1.165, 1.54) is 12.3 Å². The zero-order valence-electron chi connectivity index (χ0n) is 8.64. The summed E-state index contributed by atoms with van der Waals surface area (Å²) in [6.07, 6.45) is 1.47. The molecule has 0 radical (unpaired) electrons. The molecule has 16 heavy (non-hydrogen) atoms. The molecule has 0 atom stereocenters. The van der Waals surface area contributed by atoms with Crippen LogP contribution in [-0.2, 0) is 0 Å². The van der Waals surface area contributed by atoms with Crippen molar-refractivity contribution in [3.8, 4) is 11.8 Å². The van der Waals surface area contributed by atoms with Crippen molar-refractivity contribution in [2.75, 3.05) is 5.73 Å². The number of halogens is 1. The van der Waals surface area contributed by atoms with Crippen LogP contribution in [0.25, 0.3) is 0 Å². The Morgan fingerprint density at radius 2 is 2.12 bits per heavy atom. The normalized spacial score (nSPS) is 10.1. The lowest BCUT2D eigenvalue weighted by molar-refractivity contribution is 0.438. The van der Waals surface area contributed by atoms with E-state index in [2.05, 4.69) is 9.97 Å². The molecule has 2 rings (SSSR count). The molecule has 1 heterocycles. The number of nitrogens with two attached hydrogens (primary N) is 1. The molecule has 1 aromatic carbocycles. The van der Waals surface area contributed by atoms with E-state index in [1.54, 1.807) is 25.1 Å². The number of nitrogen functional groups attached to an aromatic ring is 1. The lowest BCUT2D eigenvalue weighted by atomic mass is 10.2. The number of nitrogens with zero attached hydrogens (tertiary/aromatic N) is 2. The molecule has 2 aromatic rings. The molecule has 4 nitrogen and oxygen atoms in total. The van der Waals surface area contributed by atoms with E-state index >= 15 is 0 Å². The SMILES string of the molecule is Cc1ccc(Oc2nccc(N)n2)cc1F. The van der Waals surface area contributed by atoms with Crippen molar-refractivity contribution in [2.45, 2.75) is 6.92 Å². The van der Waals surface area contributed by atoms with Gasteiger partial charge in [-0.1, -0.05) is 6.07 Å². The van der Waals surface area contributed by atoms with Gasteiger partial charge in [0, 0.05) is 12.3 Å². The van der Waals surface area contributed by atoms with Crippen LogP contribution in [0.3, 0.4) is 0 Å². The molecule has 0 spiro atoms. The number of benzene rings is 1. The first-order chi connectivity index (χ1) is 7.65. The minimum Gasteiger partial charge on any atom is -0.424 e. The topological polar surface area (TPSA) is 61.0 Å². The largest absolute Gasteiger partial charge is 0.424 e. The number of hydrogen-bond acceptors (Lipinski definition) is 4. The third-order valence-electron chi connectivity index (χ3n) is 2.01. The summed E-state index contributed by atoms with van der Waals surface area (Å²) in [4.78, 5) is 7.69. The van der Waals surface area contributed by atoms with Gasteiger partial charge >= 0.3 is 6.01 Å². The first kappa shape index (κ1) is 10.4. The van der Waals surface area contributed by atoms with Crippen LogP contribution >= 0.6 is 0 Å². The second kappa shape index (κ2) is 4.14. The molecule has 0 aliphatic carbocycles. The van der Waals surface area contributed by atoms with E-state index in [0.717, 1.165) is 0 Å². The van der Waals surface area contributed by atoms with Gasteiger partial charge in [-0.15, -0.1) is 0 Å². The Morgan fingerprint density at radius 3 is 2.81 bits per heavy atom. The number of ether oxygens (including phenoxy) is 1. The Balaban J connectivity index is 2.24. The van der Waals surface area contributed by atoms with Crippen molar-refractivity contribution in [3.05, 3.63) is 41.8 Å². The Kier molecular flexibility index (Phi) is 2.68. The maximum atomic E-state index is 13.2. The molecule has 0 amide bonds. The van der Waals surface area contributed by atoms with Gasteiger partial charge < -0.3 is 10.5 Å². The summed E-state index contributed by atoms with van der Waals surface area (Å²) in [6.45, 7) is 1.68. The quantitative estimate of drug-likeness (QED) is 0.841. The third kappa shape index (κ3) is 2.25. The average molecular weight is 219 g/mol. The monoisotopic (exact) mass is 219 g/mol. The molecule has 1 aromatic heterocycles. The van der Waals surface area contributed by atoms with Crippen LogP contribution in [0.2, 0.25) is 0 Å². The summed E-state index contributed by atoms with van der Waals surface area (Å²) in [5.41, 5.74) is 6.02. The molecule has 0 aliphatic rings. The third-order valence-corrected chi connectivity index (χ3v) is 2.01. The number of aromatic nitrogens is 2. The van der Waals surface area contributed by atoms with E-state index in [0.29, 0.717) is 17.1 Å². The average Bonchev–Trinajstić information content (AvgIpc) is 2.24. The first-order valence-electron chi connectivity index (χ1n) is 4.67. The lowest BCUT2D eigenvalue weighted by Gasteiger charge is -2.04. The molecule has 0 fully saturated rings. The predicted molar refractivity (Wildman–Crippen MR) is 57.7 cm³/mol. The molecule has 5 heteroatoms. The van der Waals surface area contributed by atoms with Crippen LogP contribution in [-0.4, -0.2) is 9.97 Å².